The van der Waals surface area contributed by atoms with Crippen molar-refractivity contribution in [3.63, 3.8) is 0 Å². The number of carbonyl (C=O) groups excluding carboxylic acids is 2. The molecule has 0 bridgehead atoms. The van der Waals surface area contributed by atoms with Gasteiger partial charge in [-0.3, -0.25) is 20.4 Å². The highest BCUT2D eigenvalue weighted by atomic mass is 32.2. The molecule has 0 saturated heterocycles. The van der Waals surface area contributed by atoms with Gasteiger partial charge in [0.25, 0.3) is 11.8 Å². The molecule has 0 aliphatic rings. The van der Waals surface area contributed by atoms with E-state index < -0.39 is 17.6 Å². The molecule has 0 heterocycles. The molecular formula is C19H22FN3O2S. The lowest BCUT2D eigenvalue weighted by Gasteiger charge is -2.17. The van der Waals surface area contributed by atoms with Gasteiger partial charge in [-0.25, -0.2) is 8.70 Å². The fraction of sp³-hybridized carbons (Fsp3) is 0.263. The van der Waals surface area contributed by atoms with E-state index in [0.29, 0.717) is 5.56 Å². The lowest BCUT2D eigenvalue weighted by atomic mass is 10.1. The van der Waals surface area contributed by atoms with Gasteiger partial charge in [-0.1, -0.05) is 31.5 Å². The van der Waals surface area contributed by atoms with Crippen LogP contribution >= 0.6 is 11.9 Å². The Bertz CT molecular complexity index is 777. The maximum atomic E-state index is 14.0. The highest BCUT2D eigenvalue weighted by Crippen LogP contribution is 2.24. The van der Waals surface area contributed by atoms with Gasteiger partial charge in [-0.05, 0) is 49.2 Å². The van der Waals surface area contributed by atoms with E-state index in [2.05, 4.69) is 15.2 Å². The third kappa shape index (κ3) is 5.31. The van der Waals surface area contributed by atoms with Crippen molar-refractivity contribution in [2.24, 2.45) is 0 Å². The zero-order chi connectivity index (χ0) is 19.1. The highest BCUT2D eigenvalue weighted by Gasteiger charge is 2.15. The molecule has 2 rings (SSSR count). The monoisotopic (exact) mass is 375 g/mol. The molecule has 0 aliphatic carbocycles. The zero-order valence-corrected chi connectivity index (χ0v) is 15.8. The fourth-order valence-corrected chi connectivity index (χ4v) is 3.05. The van der Waals surface area contributed by atoms with Gasteiger partial charge in [0, 0.05) is 23.5 Å². The van der Waals surface area contributed by atoms with E-state index in [1.807, 2.05) is 20.8 Å². The second-order valence-corrected chi connectivity index (χ2v) is 6.79. The van der Waals surface area contributed by atoms with Crippen molar-refractivity contribution in [3.05, 3.63) is 65.0 Å². The van der Waals surface area contributed by atoms with Gasteiger partial charge in [0.1, 0.15) is 5.82 Å². The average Bonchev–Trinajstić information content (AvgIpc) is 2.65. The van der Waals surface area contributed by atoms with E-state index in [4.69, 9.17) is 0 Å². The molecule has 138 valence electrons. The second kappa shape index (κ2) is 9.35. The maximum Gasteiger partial charge on any atom is 0.272 e. The standard InChI is InChI=1S/C19H22FN3O2S/c1-4-23(5-2)26-15-10-11-17(20)16(12-15)19(25)22-21-18(24)14-8-6-13(3)7-9-14/h6-12H,4-5H2,1-3H3,(H,21,24)(H,22,25). The molecule has 0 aromatic heterocycles. The summed E-state index contributed by atoms with van der Waals surface area (Å²) in [5.41, 5.74) is 5.87. The number of hydrazine groups is 1. The molecule has 0 saturated carbocycles. The summed E-state index contributed by atoms with van der Waals surface area (Å²) in [5.74, 6) is -1.81. The van der Waals surface area contributed by atoms with Crippen LogP contribution in [-0.4, -0.2) is 29.2 Å². The number of rotatable bonds is 6. The molecule has 0 spiro atoms. The minimum Gasteiger partial charge on any atom is -0.267 e. The maximum absolute atomic E-state index is 14.0. The fourth-order valence-electron chi connectivity index (χ4n) is 2.19. The Labute approximate surface area is 157 Å². The minimum atomic E-state index is -0.704. The Hall–Kier alpha value is -2.38. The Morgan fingerprint density at radius 2 is 1.62 bits per heavy atom. The smallest absolute Gasteiger partial charge is 0.267 e. The van der Waals surface area contributed by atoms with E-state index in [0.717, 1.165) is 23.5 Å². The second-order valence-electron chi connectivity index (χ2n) is 5.62. The summed E-state index contributed by atoms with van der Waals surface area (Å²) in [4.78, 5) is 25.0. The number of hydrogen-bond donors (Lipinski definition) is 2. The number of carbonyl (C=O) groups is 2. The normalized spacial score (nSPS) is 10.7. The molecule has 2 amide bonds. The number of amides is 2. The first-order valence-electron chi connectivity index (χ1n) is 8.34. The van der Waals surface area contributed by atoms with E-state index in [1.54, 1.807) is 30.3 Å². The molecule has 2 aromatic rings. The van der Waals surface area contributed by atoms with Crippen molar-refractivity contribution in [1.82, 2.24) is 15.2 Å². The van der Waals surface area contributed by atoms with Gasteiger partial charge in [-0.2, -0.15) is 0 Å². The molecule has 0 unspecified atom stereocenters. The van der Waals surface area contributed by atoms with Crippen molar-refractivity contribution < 1.29 is 14.0 Å². The Balaban J connectivity index is 2.04. The molecule has 0 fully saturated rings. The van der Waals surface area contributed by atoms with Gasteiger partial charge in [-0.15, -0.1) is 0 Å². The van der Waals surface area contributed by atoms with Gasteiger partial charge in [0.2, 0.25) is 0 Å². The van der Waals surface area contributed by atoms with Gasteiger partial charge in [0.05, 0.1) is 5.56 Å². The molecule has 0 atom stereocenters. The van der Waals surface area contributed by atoms with E-state index >= 15 is 0 Å². The lowest BCUT2D eigenvalue weighted by molar-refractivity contribution is 0.0844. The summed E-state index contributed by atoms with van der Waals surface area (Å²) in [6.45, 7) is 7.61. The molecular weight excluding hydrogens is 353 g/mol. The van der Waals surface area contributed by atoms with E-state index in [9.17, 15) is 14.0 Å². The Morgan fingerprint density at radius 3 is 2.23 bits per heavy atom. The molecule has 0 aliphatic heterocycles. The SMILES string of the molecule is CCN(CC)Sc1ccc(F)c(C(=O)NNC(=O)c2ccc(C)cc2)c1. The first-order valence-corrected chi connectivity index (χ1v) is 9.11. The van der Waals surface area contributed by atoms with Crippen LogP contribution in [0.2, 0.25) is 0 Å². The van der Waals surface area contributed by atoms with Gasteiger partial charge >= 0.3 is 0 Å². The Morgan fingerprint density at radius 1 is 1.00 bits per heavy atom. The molecule has 5 nitrogen and oxygen atoms in total. The summed E-state index contributed by atoms with van der Waals surface area (Å²) in [6.07, 6.45) is 0. The zero-order valence-electron chi connectivity index (χ0n) is 15.0. The van der Waals surface area contributed by atoms with Crippen molar-refractivity contribution in [2.45, 2.75) is 25.7 Å². The summed E-state index contributed by atoms with van der Waals surface area (Å²) in [6, 6.07) is 11.3. The van der Waals surface area contributed by atoms with Crippen LogP contribution in [0.4, 0.5) is 4.39 Å². The first kappa shape index (κ1) is 19.9. The Kier molecular flexibility index (Phi) is 7.17. The quantitative estimate of drug-likeness (QED) is 0.599. The molecule has 2 N–H and O–H groups in total. The number of halogens is 1. The minimum absolute atomic E-state index is 0.119. The summed E-state index contributed by atoms with van der Waals surface area (Å²) in [5, 5.41) is 0. The number of benzene rings is 2. The first-order chi connectivity index (χ1) is 12.4. The summed E-state index contributed by atoms with van der Waals surface area (Å²) < 4.78 is 16.1. The number of aryl methyl sites for hydroxylation is 1. The average molecular weight is 375 g/mol. The number of nitrogens with zero attached hydrogens (tertiary/aromatic N) is 1. The van der Waals surface area contributed by atoms with E-state index in [1.165, 1.54) is 24.1 Å². The van der Waals surface area contributed by atoms with Crippen LogP contribution in [0, 0.1) is 12.7 Å². The van der Waals surface area contributed by atoms with Crippen molar-refractivity contribution in [3.8, 4) is 0 Å². The van der Waals surface area contributed by atoms with Crippen LogP contribution in [-0.2, 0) is 0 Å². The van der Waals surface area contributed by atoms with Crippen LogP contribution in [0.25, 0.3) is 0 Å². The van der Waals surface area contributed by atoms with Crippen LogP contribution in [0.3, 0.4) is 0 Å². The largest absolute Gasteiger partial charge is 0.272 e. The molecule has 7 heteroatoms. The third-order valence-electron chi connectivity index (χ3n) is 3.73. The summed E-state index contributed by atoms with van der Waals surface area (Å²) in [7, 11) is 0. The number of hydrogen-bond acceptors (Lipinski definition) is 4. The van der Waals surface area contributed by atoms with Gasteiger partial charge in [0.15, 0.2) is 0 Å². The van der Waals surface area contributed by atoms with Crippen molar-refractivity contribution in [1.29, 1.82) is 0 Å². The van der Waals surface area contributed by atoms with Crippen molar-refractivity contribution >= 4 is 23.8 Å². The highest BCUT2D eigenvalue weighted by molar-refractivity contribution is 7.97. The van der Waals surface area contributed by atoms with E-state index in [-0.39, 0.29) is 5.56 Å². The number of nitrogens with one attached hydrogen (secondary N) is 2. The molecule has 2 aromatic carbocycles. The topological polar surface area (TPSA) is 61.4 Å². The predicted molar refractivity (Wildman–Crippen MR) is 101 cm³/mol. The lowest BCUT2D eigenvalue weighted by Crippen LogP contribution is -2.42. The van der Waals surface area contributed by atoms with Crippen LogP contribution in [0.5, 0.6) is 0 Å². The van der Waals surface area contributed by atoms with Crippen molar-refractivity contribution in [2.75, 3.05) is 13.1 Å². The van der Waals surface area contributed by atoms with Gasteiger partial charge < -0.3 is 0 Å². The molecule has 26 heavy (non-hydrogen) atoms. The van der Waals surface area contributed by atoms with Crippen LogP contribution in [0.1, 0.15) is 40.1 Å². The summed E-state index contributed by atoms with van der Waals surface area (Å²) >= 11 is 1.45. The molecule has 0 radical (unpaired) electrons. The van der Waals surface area contributed by atoms with Crippen LogP contribution in [0.15, 0.2) is 47.4 Å². The van der Waals surface area contributed by atoms with Crippen LogP contribution < -0.4 is 10.9 Å². The predicted octanol–water partition coefficient (Wildman–Crippen LogP) is 3.56. The third-order valence-corrected chi connectivity index (χ3v) is 4.97.